The number of anilines is 2. The minimum absolute atomic E-state index is 0.260. The molecular formula is C13H11BrFN3S. The van der Waals surface area contributed by atoms with Gasteiger partial charge < -0.3 is 11.1 Å². The number of thiocarbonyl (C=S) groups is 1. The fourth-order valence-corrected chi connectivity index (χ4v) is 2.10. The number of nitrogens with two attached hydrogens (primary N) is 1. The monoisotopic (exact) mass is 339 g/mol. The molecule has 1 heterocycles. The summed E-state index contributed by atoms with van der Waals surface area (Å²) in [5.41, 5.74) is 7.84. The zero-order valence-electron chi connectivity index (χ0n) is 10.1. The molecule has 3 N–H and O–H groups in total. The summed E-state index contributed by atoms with van der Waals surface area (Å²) in [6.45, 7) is 1.87. The maximum atomic E-state index is 13.2. The van der Waals surface area contributed by atoms with Crippen LogP contribution >= 0.6 is 28.1 Å². The lowest BCUT2D eigenvalue weighted by molar-refractivity contribution is 0.621. The molecule has 3 nitrogen and oxygen atoms in total. The van der Waals surface area contributed by atoms with Crippen LogP contribution in [0.15, 0.2) is 34.8 Å². The van der Waals surface area contributed by atoms with E-state index in [4.69, 9.17) is 18.0 Å². The van der Waals surface area contributed by atoms with E-state index >= 15 is 0 Å². The lowest BCUT2D eigenvalue weighted by Gasteiger charge is -2.11. The highest BCUT2D eigenvalue weighted by Gasteiger charge is 2.08. The molecule has 98 valence electrons. The zero-order valence-corrected chi connectivity index (χ0v) is 12.5. The van der Waals surface area contributed by atoms with E-state index in [-0.39, 0.29) is 10.8 Å². The summed E-state index contributed by atoms with van der Waals surface area (Å²) in [6, 6.07) is 8.25. The van der Waals surface area contributed by atoms with Crippen molar-refractivity contribution in [3.63, 3.8) is 0 Å². The van der Waals surface area contributed by atoms with Gasteiger partial charge in [-0.15, -0.1) is 0 Å². The molecule has 0 aliphatic rings. The van der Waals surface area contributed by atoms with Gasteiger partial charge in [0, 0.05) is 11.4 Å². The number of benzene rings is 1. The van der Waals surface area contributed by atoms with Crippen LogP contribution in [0.2, 0.25) is 0 Å². The molecule has 0 aliphatic heterocycles. The molecule has 19 heavy (non-hydrogen) atoms. The van der Waals surface area contributed by atoms with Gasteiger partial charge in [0.15, 0.2) is 0 Å². The fraction of sp³-hybridized carbons (Fsp3) is 0.0769. The van der Waals surface area contributed by atoms with E-state index in [2.05, 4.69) is 26.2 Å². The van der Waals surface area contributed by atoms with Crippen LogP contribution in [0.5, 0.6) is 0 Å². The van der Waals surface area contributed by atoms with Crippen molar-refractivity contribution in [2.45, 2.75) is 6.92 Å². The van der Waals surface area contributed by atoms with E-state index in [1.165, 1.54) is 6.07 Å². The summed E-state index contributed by atoms with van der Waals surface area (Å²) < 4.78 is 13.6. The van der Waals surface area contributed by atoms with E-state index in [0.29, 0.717) is 21.5 Å². The van der Waals surface area contributed by atoms with Crippen molar-refractivity contribution < 1.29 is 4.39 Å². The van der Waals surface area contributed by atoms with Crippen molar-refractivity contribution in [1.29, 1.82) is 0 Å². The summed E-state index contributed by atoms with van der Waals surface area (Å²) in [7, 11) is 0. The average molecular weight is 340 g/mol. The number of aryl methyl sites for hydroxylation is 1. The molecule has 2 rings (SSSR count). The third kappa shape index (κ3) is 3.27. The summed E-state index contributed by atoms with van der Waals surface area (Å²) in [6.07, 6.45) is 0. The van der Waals surface area contributed by atoms with Crippen LogP contribution in [-0.4, -0.2) is 9.97 Å². The van der Waals surface area contributed by atoms with E-state index in [1.807, 2.05) is 19.1 Å². The average Bonchev–Trinajstić information content (AvgIpc) is 2.33. The second-order valence-corrected chi connectivity index (χ2v) is 5.26. The fourth-order valence-electron chi connectivity index (χ4n) is 1.56. The van der Waals surface area contributed by atoms with Gasteiger partial charge in [-0.25, -0.2) is 9.37 Å². The van der Waals surface area contributed by atoms with Gasteiger partial charge in [0.05, 0.1) is 10.0 Å². The van der Waals surface area contributed by atoms with Gasteiger partial charge in [0.2, 0.25) is 0 Å². The Balaban J connectivity index is 2.39. The molecule has 6 heteroatoms. The van der Waals surface area contributed by atoms with E-state index in [9.17, 15) is 4.39 Å². The maximum absolute atomic E-state index is 13.2. The standard InChI is InChI=1S/C13H11BrFN3S/c1-7-2-4-9(12(16)19)13(17-7)18-8-3-5-11(15)10(14)6-8/h2-6H,1H3,(H2,16,19)(H,17,18). The SMILES string of the molecule is Cc1ccc(C(N)=S)c(Nc2ccc(F)c(Br)c2)n1. The number of hydrogen-bond donors (Lipinski definition) is 2. The predicted octanol–water partition coefficient (Wildman–Crippen LogP) is 3.67. The Morgan fingerprint density at radius 1 is 1.37 bits per heavy atom. The normalized spacial score (nSPS) is 10.3. The number of pyridine rings is 1. The van der Waals surface area contributed by atoms with Gasteiger partial charge in [0.1, 0.15) is 16.6 Å². The highest BCUT2D eigenvalue weighted by Crippen LogP contribution is 2.24. The maximum Gasteiger partial charge on any atom is 0.140 e. The Kier molecular flexibility index (Phi) is 4.11. The van der Waals surface area contributed by atoms with Gasteiger partial charge in [-0.1, -0.05) is 12.2 Å². The zero-order chi connectivity index (χ0) is 14.0. The Labute approximate surface area is 124 Å². The van der Waals surface area contributed by atoms with Crippen molar-refractivity contribution >= 4 is 44.6 Å². The van der Waals surface area contributed by atoms with Crippen LogP contribution in [0.1, 0.15) is 11.3 Å². The van der Waals surface area contributed by atoms with E-state index in [0.717, 1.165) is 5.69 Å². The van der Waals surface area contributed by atoms with Gasteiger partial charge in [-0.05, 0) is 53.2 Å². The molecule has 0 unspecified atom stereocenters. The second kappa shape index (κ2) is 5.63. The Bertz CT molecular complexity index is 646. The molecule has 2 aromatic rings. The van der Waals surface area contributed by atoms with Crippen molar-refractivity contribution in [2.24, 2.45) is 5.73 Å². The Morgan fingerprint density at radius 3 is 2.74 bits per heavy atom. The van der Waals surface area contributed by atoms with Crippen molar-refractivity contribution in [3.8, 4) is 0 Å². The Hall–Kier alpha value is -1.53. The highest BCUT2D eigenvalue weighted by atomic mass is 79.9. The number of halogens is 2. The minimum Gasteiger partial charge on any atom is -0.389 e. The molecule has 0 saturated heterocycles. The van der Waals surface area contributed by atoms with Gasteiger partial charge in [-0.2, -0.15) is 0 Å². The van der Waals surface area contributed by atoms with E-state index < -0.39 is 0 Å². The van der Waals surface area contributed by atoms with Crippen LogP contribution in [-0.2, 0) is 0 Å². The van der Waals surface area contributed by atoms with Gasteiger partial charge >= 0.3 is 0 Å². The molecule has 0 fully saturated rings. The number of nitrogens with one attached hydrogen (secondary N) is 1. The summed E-state index contributed by atoms with van der Waals surface area (Å²) >= 11 is 8.12. The Morgan fingerprint density at radius 2 is 2.11 bits per heavy atom. The van der Waals surface area contributed by atoms with Crippen molar-refractivity contribution in [3.05, 3.63) is 51.9 Å². The molecule has 0 bridgehead atoms. The molecule has 0 atom stereocenters. The largest absolute Gasteiger partial charge is 0.389 e. The molecular weight excluding hydrogens is 329 g/mol. The first kappa shape index (κ1) is 13.9. The first-order valence-electron chi connectivity index (χ1n) is 5.47. The van der Waals surface area contributed by atoms with Crippen LogP contribution in [0, 0.1) is 12.7 Å². The molecule has 0 aliphatic carbocycles. The van der Waals surface area contributed by atoms with E-state index in [1.54, 1.807) is 12.1 Å². The smallest absolute Gasteiger partial charge is 0.140 e. The molecule has 0 amide bonds. The van der Waals surface area contributed by atoms with Crippen LogP contribution in [0.25, 0.3) is 0 Å². The van der Waals surface area contributed by atoms with Crippen LogP contribution in [0.3, 0.4) is 0 Å². The number of rotatable bonds is 3. The number of nitrogens with zero attached hydrogens (tertiary/aromatic N) is 1. The van der Waals surface area contributed by atoms with Crippen molar-refractivity contribution in [2.75, 3.05) is 5.32 Å². The number of hydrogen-bond acceptors (Lipinski definition) is 3. The van der Waals surface area contributed by atoms with Gasteiger partial charge in [-0.3, -0.25) is 0 Å². The lowest BCUT2D eigenvalue weighted by atomic mass is 10.2. The summed E-state index contributed by atoms with van der Waals surface area (Å²) in [5, 5.41) is 3.09. The topological polar surface area (TPSA) is 50.9 Å². The first-order chi connectivity index (χ1) is 8.97. The van der Waals surface area contributed by atoms with Crippen LogP contribution < -0.4 is 11.1 Å². The van der Waals surface area contributed by atoms with Crippen LogP contribution in [0.4, 0.5) is 15.9 Å². The number of aromatic nitrogens is 1. The molecule has 0 saturated carbocycles. The summed E-state index contributed by atoms with van der Waals surface area (Å²) in [5.74, 6) is 0.239. The first-order valence-corrected chi connectivity index (χ1v) is 6.67. The lowest BCUT2D eigenvalue weighted by Crippen LogP contribution is -2.13. The molecule has 0 radical (unpaired) electrons. The third-order valence-corrected chi connectivity index (χ3v) is 3.31. The molecule has 0 spiro atoms. The second-order valence-electron chi connectivity index (χ2n) is 3.97. The highest BCUT2D eigenvalue weighted by molar-refractivity contribution is 9.10. The van der Waals surface area contributed by atoms with Gasteiger partial charge in [0.25, 0.3) is 0 Å². The third-order valence-electron chi connectivity index (χ3n) is 2.48. The molecule has 1 aromatic carbocycles. The summed E-state index contributed by atoms with van der Waals surface area (Å²) in [4.78, 5) is 4.61. The molecule has 1 aromatic heterocycles. The van der Waals surface area contributed by atoms with Crippen molar-refractivity contribution in [1.82, 2.24) is 4.98 Å². The predicted molar refractivity (Wildman–Crippen MR) is 82.2 cm³/mol. The minimum atomic E-state index is -0.322. The quantitative estimate of drug-likeness (QED) is 0.837.